The highest BCUT2D eigenvalue weighted by Crippen LogP contribution is 2.21. The molecule has 22 heavy (non-hydrogen) atoms. The van der Waals surface area contributed by atoms with E-state index in [0.717, 1.165) is 20.8 Å². The molecule has 0 saturated heterocycles. The Hall–Kier alpha value is -2.32. The van der Waals surface area contributed by atoms with E-state index < -0.39 is 5.91 Å². The second-order valence-electron chi connectivity index (χ2n) is 4.54. The van der Waals surface area contributed by atoms with Crippen molar-refractivity contribution in [1.29, 1.82) is 0 Å². The van der Waals surface area contributed by atoms with E-state index in [1.807, 2.05) is 13.0 Å². The summed E-state index contributed by atoms with van der Waals surface area (Å²) in [7, 11) is 0. The van der Waals surface area contributed by atoms with Gasteiger partial charge in [-0.3, -0.25) is 20.0 Å². The number of aromatic nitrogens is 3. The molecule has 3 heterocycles. The van der Waals surface area contributed by atoms with Crippen LogP contribution in [0.4, 0.5) is 0 Å². The van der Waals surface area contributed by atoms with Crippen molar-refractivity contribution < 1.29 is 4.79 Å². The van der Waals surface area contributed by atoms with Crippen LogP contribution in [0.5, 0.6) is 0 Å². The molecule has 0 aliphatic carbocycles. The smallest absolute Gasteiger partial charge is 0.288 e. The zero-order valence-electron chi connectivity index (χ0n) is 11.6. The van der Waals surface area contributed by atoms with Crippen molar-refractivity contribution in [1.82, 2.24) is 14.6 Å². The van der Waals surface area contributed by atoms with Gasteiger partial charge in [0.25, 0.3) is 11.5 Å². The predicted molar refractivity (Wildman–Crippen MR) is 88.6 cm³/mol. The van der Waals surface area contributed by atoms with Gasteiger partial charge in [0.15, 0.2) is 0 Å². The number of hydrogen-bond acceptors (Lipinski definition) is 5. The number of carbonyl (C=O) groups excluding carboxylic acids is 1. The van der Waals surface area contributed by atoms with E-state index >= 15 is 0 Å². The first-order valence-corrected chi connectivity index (χ1v) is 7.82. The molecule has 0 saturated carbocycles. The number of hydrogen-bond donors (Lipinski definition) is 2. The number of nitrogens with zero attached hydrogens (tertiary/aromatic N) is 2. The molecule has 0 atom stereocenters. The van der Waals surface area contributed by atoms with Crippen LogP contribution in [0.2, 0.25) is 0 Å². The Morgan fingerprint density at radius 2 is 2.32 bits per heavy atom. The molecule has 6 nitrogen and oxygen atoms in total. The summed E-state index contributed by atoms with van der Waals surface area (Å²) in [5, 5.41) is 0.511. The second kappa shape index (κ2) is 5.82. The molecule has 2 N–H and O–H groups in total. The van der Waals surface area contributed by atoms with Gasteiger partial charge in [-0.15, -0.1) is 11.3 Å². The topological polar surface area (TPSA) is 79.8 Å². The molecule has 0 radical (unpaired) electrons. The average Bonchev–Trinajstić information content (AvgIpc) is 2.95. The van der Waals surface area contributed by atoms with Gasteiger partial charge < -0.3 is 4.98 Å². The standard InChI is InChI=1S/C14H12N4O2S2/c1-2-8-7-9-12(22-8)16-14(21)18(13(9)20)17-11(19)10-5-3-4-6-15-10/h3-7H,2H2,1H3,(H,16,21)(H,17,19). The molecule has 1 amide bonds. The Labute approximate surface area is 134 Å². The number of aromatic amines is 1. The van der Waals surface area contributed by atoms with Crippen LogP contribution in [0.1, 0.15) is 22.3 Å². The first-order valence-electron chi connectivity index (χ1n) is 6.60. The van der Waals surface area contributed by atoms with Gasteiger partial charge in [0.2, 0.25) is 4.77 Å². The summed E-state index contributed by atoms with van der Waals surface area (Å²) in [6, 6.07) is 6.78. The van der Waals surface area contributed by atoms with Crippen molar-refractivity contribution in [3.8, 4) is 0 Å². The van der Waals surface area contributed by atoms with Crippen molar-refractivity contribution in [3.63, 3.8) is 0 Å². The molecule has 8 heteroatoms. The molecular formula is C14H12N4O2S2. The number of carbonyl (C=O) groups is 1. The third kappa shape index (κ3) is 2.58. The summed E-state index contributed by atoms with van der Waals surface area (Å²) in [6.45, 7) is 2.01. The van der Waals surface area contributed by atoms with Gasteiger partial charge in [0.05, 0.1) is 5.39 Å². The predicted octanol–water partition coefficient (Wildman–Crippen LogP) is 2.46. The van der Waals surface area contributed by atoms with Crippen LogP contribution in [0.25, 0.3) is 10.2 Å². The number of pyridine rings is 1. The summed E-state index contributed by atoms with van der Waals surface area (Å²) in [4.78, 5) is 33.3. The van der Waals surface area contributed by atoms with Crippen molar-refractivity contribution >= 4 is 39.7 Å². The number of aryl methyl sites for hydroxylation is 1. The van der Waals surface area contributed by atoms with Gasteiger partial charge in [-0.05, 0) is 36.8 Å². The molecule has 0 fully saturated rings. The van der Waals surface area contributed by atoms with Crippen molar-refractivity contribution in [3.05, 3.63) is 56.2 Å². The Morgan fingerprint density at radius 1 is 1.50 bits per heavy atom. The van der Waals surface area contributed by atoms with Crippen LogP contribution in [0, 0.1) is 4.77 Å². The van der Waals surface area contributed by atoms with Gasteiger partial charge in [-0.1, -0.05) is 13.0 Å². The largest absolute Gasteiger partial charge is 0.322 e. The van der Waals surface area contributed by atoms with Gasteiger partial charge in [-0.25, -0.2) is 0 Å². The van der Waals surface area contributed by atoms with Crippen molar-refractivity contribution in [2.75, 3.05) is 5.43 Å². The van der Waals surface area contributed by atoms with E-state index in [0.29, 0.717) is 5.39 Å². The maximum Gasteiger partial charge on any atom is 0.288 e. The fourth-order valence-electron chi connectivity index (χ4n) is 1.99. The maximum atomic E-state index is 12.5. The lowest BCUT2D eigenvalue weighted by molar-refractivity contribution is 0.100. The number of fused-ring (bicyclic) bond motifs is 1. The Kier molecular flexibility index (Phi) is 3.86. The fraction of sp³-hybridized carbons (Fsp3) is 0.143. The summed E-state index contributed by atoms with van der Waals surface area (Å²) in [5.74, 6) is -0.493. The zero-order chi connectivity index (χ0) is 15.7. The summed E-state index contributed by atoms with van der Waals surface area (Å²) < 4.78 is 1.19. The Morgan fingerprint density at radius 3 is 3.00 bits per heavy atom. The monoisotopic (exact) mass is 332 g/mol. The molecule has 112 valence electrons. The normalized spacial score (nSPS) is 10.8. The highest BCUT2D eigenvalue weighted by atomic mass is 32.1. The molecular weight excluding hydrogens is 320 g/mol. The van der Waals surface area contributed by atoms with Gasteiger partial charge in [0, 0.05) is 11.1 Å². The molecule has 0 unspecified atom stereocenters. The molecule has 0 aromatic carbocycles. The highest BCUT2D eigenvalue weighted by molar-refractivity contribution is 7.71. The zero-order valence-corrected chi connectivity index (χ0v) is 13.3. The van der Waals surface area contributed by atoms with E-state index in [2.05, 4.69) is 15.4 Å². The van der Waals surface area contributed by atoms with Crippen LogP contribution in [-0.2, 0) is 6.42 Å². The SMILES string of the molecule is CCc1cc2c(=O)n(NC(=O)c3ccccn3)c(=S)[nH]c2s1. The molecule has 0 bridgehead atoms. The molecule has 0 aliphatic rings. The maximum absolute atomic E-state index is 12.5. The van der Waals surface area contributed by atoms with Crippen LogP contribution < -0.4 is 11.0 Å². The van der Waals surface area contributed by atoms with E-state index in [-0.39, 0.29) is 16.0 Å². The van der Waals surface area contributed by atoms with Gasteiger partial charge in [-0.2, -0.15) is 4.68 Å². The number of H-pyrrole nitrogens is 1. The number of thiophene rings is 1. The molecule has 3 rings (SSSR count). The highest BCUT2D eigenvalue weighted by Gasteiger charge is 2.13. The minimum Gasteiger partial charge on any atom is -0.322 e. The van der Waals surface area contributed by atoms with Crippen LogP contribution in [0.3, 0.4) is 0 Å². The van der Waals surface area contributed by atoms with Crippen molar-refractivity contribution in [2.45, 2.75) is 13.3 Å². The van der Waals surface area contributed by atoms with E-state index in [9.17, 15) is 9.59 Å². The molecule has 3 aromatic heterocycles. The third-order valence-corrected chi connectivity index (χ3v) is 4.58. The minimum absolute atomic E-state index is 0.145. The first-order chi connectivity index (χ1) is 10.6. The first kappa shape index (κ1) is 14.6. The number of amides is 1. The molecule has 0 spiro atoms. The lowest BCUT2D eigenvalue weighted by Crippen LogP contribution is -2.34. The lowest BCUT2D eigenvalue weighted by Gasteiger charge is -2.07. The van der Waals surface area contributed by atoms with Gasteiger partial charge >= 0.3 is 0 Å². The Bertz CT molecular complexity index is 956. The molecule has 0 aliphatic heterocycles. The van der Waals surface area contributed by atoms with Crippen LogP contribution >= 0.6 is 23.6 Å². The van der Waals surface area contributed by atoms with Crippen molar-refractivity contribution in [2.24, 2.45) is 0 Å². The van der Waals surface area contributed by atoms with Gasteiger partial charge in [0.1, 0.15) is 10.5 Å². The van der Waals surface area contributed by atoms with E-state index in [1.54, 1.807) is 18.2 Å². The Balaban J connectivity index is 2.06. The average molecular weight is 332 g/mol. The number of nitrogens with one attached hydrogen (secondary N) is 2. The summed E-state index contributed by atoms with van der Waals surface area (Å²) >= 11 is 6.65. The summed E-state index contributed by atoms with van der Waals surface area (Å²) in [6.07, 6.45) is 2.34. The van der Waals surface area contributed by atoms with Crippen LogP contribution in [0.15, 0.2) is 35.3 Å². The minimum atomic E-state index is -0.493. The lowest BCUT2D eigenvalue weighted by atomic mass is 10.3. The quantitative estimate of drug-likeness (QED) is 0.722. The van der Waals surface area contributed by atoms with Crippen LogP contribution in [-0.4, -0.2) is 20.6 Å². The third-order valence-electron chi connectivity index (χ3n) is 3.10. The van der Waals surface area contributed by atoms with E-state index in [1.165, 1.54) is 17.5 Å². The number of rotatable bonds is 3. The summed E-state index contributed by atoms with van der Waals surface area (Å²) in [5.41, 5.74) is 2.35. The fourth-order valence-corrected chi connectivity index (χ4v) is 3.27. The molecule has 3 aromatic rings. The van der Waals surface area contributed by atoms with E-state index in [4.69, 9.17) is 12.2 Å². The second-order valence-corrected chi connectivity index (χ2v) is 6.06.